The molecule has 1 aromatic heterocycles. The number of nitrogens with zero attached hydrogens (tertiary/aromatic N) is 4. The van der Waals surface area contributed by atoms with Gasteiger partial charge in [-0.25, -0.2) is 4.68 Å². The standard InChI is InChI=1S/C27H28Cl2N4O3/c1-4-31(5-2)13-14-32-24(18-11-12-21(28)22(29)15-18)23(26(35)27(32)36)25(34)20-16-30-33(17(20)3)19-9-7-6-8-10-19/h6-12,15-16,24,34H,4-5,13-14H2,1-3H3/b25-23+. The van der Waals surface area contributed by atoms with E-state index in [2.05, 4.69) is 10.00 Å². The van der Waals surface area contributed by atoms with E-state index in [1.807, 2.05) is 44.2 Å². The fourth-order valence-electron chi connectivity index (χ4n) is 4.55. The van der Waals surface area contributed by atoms with Crippen LogP contribution in [0.1, 0.15) is 36.7 Å². The number of carbonyl (C=O) groups excluding carboxylic acids is 2. The number of likely N-dealkylation sites (N-methyl/N-ethyl adjacent to an activating group) is 1. The van der Waals surface area contributed by atoms with E-state index in [0.29, 0.717) is 40.0 Å². The van der Waals surface area contributed by atoms with E-state index in [9.17, 15) is 14.7 Å². The maximum Gasteiger partial charge on any atom is 0.295 e. The van der Waals surface area contributed by atoms with Crippen molar-refractivity contribution in [2.45, 2.75) is 26.8 Å². The molecule has 9 heteroatoms. The van der Waals surface area contributed by atoms with Gasteiger partial charge in [-0.2, -0.15) is 5.10 Å². The van der Waals surface area contributed by atoms with Crippen molar-refractivity contribution in [3.8, 4) is 5.69 Å². The first-order chi connectivity index (χ1) is 17.3. The SMILES string of the molecule is CCN(CC)CCN1C(=O)C(=O)/C(=C(/O)c2cnn(-c3ccccc3)c2C)C1c1ccc(Cl)c(Cl)c1. The van der Waals surface area contributed by atoms with Crippen LogP contribution in [-0.2, 0) is 9.59 Å². The molecule has 2 heterocycles. The summed E-state index contributed by atoms with van der Waals surface area (Å²) in [5, 5.41) is 16.5. The fraction of sp³-hybridized carbons (Fsp3) is 0.296. The molecule has 0 spiro atoms. The molecule has 1 unspecified atom stereocenters. The number of ketones is 1. The van der Waals surface area contributed by atoms with Gasteiger partial charge < -0.3 is 14.9 Å². The third kappa shape index (κ3) is 4.78. The van der Waals surface area contributed by atoms with Gasteiger partial charge in [-0.05, 0) is 49.8 Å². The number of aliphatic hydroxyl groups is 1. The highest BCUT2D eigenvalue weighted by Crippen LogP contribution is 2.41. The Bertz CT molecular complexity index is 1320. The highest BCUT2D eigenvalue weighted by molar-refractivity contribution is 6.47. The van der Waals surface area contributed by atoms with Gasteiger partial charge in [-0.15, -0.1) is 0 Å². The average Bonchev–Trinajstić information content (AvgIpc) is 3.39. The summed E-state index contributed by atoms with van der Waals surface area (Å²) in [7, 11) is 0. The molecule has 1 amide bonds. The zero-order chi connectivity index (χ0) is 26.0. The molecule has 1 aliphatic heterocycles. The van der Waals surface area contributed by atoms with Crippen LogP contribution in [0.3, 0.4) is 0 Å². The summed E-state index contributed by atoms with van der Waals surface area (Å²) in [4.78, 5) is 30.2. The number of benzene rings is 2. The van der Waals surface area contributed by atoms with Crippen LogP contribution >= 0.6 is 23.2 Å². The smallest absolute Gasteiger partial charge is 0.295 e. The number of hydrogen-bond donors (Lipinski definition) is 1. The Kier molecular flexibility index (Phi) is 7.83. The van der Waals surface area contributed by atoms with Crippen LogP contribution in [0, 0.1) is 6.92 Å². The maximum atomic E-state index is 13.3. The van der Waals surface area contributed by atoms with Crippen LogP contribution < -0.4 is 0 Å². The van der Waals surface area contributed by atoms with Crippen LogP contribution in [0.4, 0.5) is 0 Å². The number of rotatable bonds is 8. The van der Waals surface area contributed by atoms with Crippen molar-refractivity contribution >= 4 is 40.7 Å². The quantitative estimate of drug-likeness (QED) is 0.246. The minimum absolute atomic E-state index is 0.00801. The van der Waals surface area contributed by atoms with E-state index >= 15 is 0 Å². The summed E-state index contributed by atoms with van der Waals surface area (Å²) in [5.74, 6) is -1.67. The second kappa shape index (κ2) is 10.9. The van der Waals surface area contributed by atoms with Gasteiger partial charge in [0.2, 0.25) is 0 Å². The summed E-state index contributed by atoms with van der Waals surface area (Å²) in [6.07, 6.45) is 1.51. The molecule has 0 aliphatic carbocycles. The lowest BCUT2D eigenvalue weighted by Gasteiger charge is -2.28. The normalized spacial score (nSPS) is 17.4. The van der Waals surface area contributed by atoms with E-state index in [4.69, 9.17) is 23.2 Å². The van der Waals surface area contributed by atoms with E-state index in [0.717, 1.165) is 18.8 Å². The molecule has 1 fully saturated rings. The van der Waals surface area contributed by atoms with Crippen molar-refractivity contribution in [2.75, 3.05) is 26.2 Å². The van der Waals surface area contributed by atoms with Gasteiger partial charge in [-0.1, -0.05) is 61.3 Å². The molecule has 36 heavy (non-hydrogen) atoms. The number of hydrogen-bond acceptors (Lipinski definition) is 5. The second-order valence-corrected chi connectivity index (χ2v) is 9.40. The van der Waals surface area contributed by atoms with Gasteiger partial charge in [0.05, 0.1) is 44.8 Å². The fourth-order valence-corrected chi connectivity index (χ4v) is 4.85. The Balaban J connectivity index is 1.83. The van der Waals surface area contributed by atoms with Gasteiger partial charge in [-0.3, -0.25) is 9.59 Å². The number of aromatic nitrogens is 2. The van der Waals surface area contributed by atoms with E-state index in [-0.39, 0.29) is 11.3 Å². The largest absolute Gasteiger partial charge is 0.507 e. The van der Waals surface area contributed by atoms with Gasteiger partial charge in [0.1, 0.15) is 5.76 Å². The van der Waals surface area contributed by atoms with E-state index in [1.54, 1.807) is 29.8 Å². The third-order valence-electron chi connectivity index (χ3n) is 6.62. The summed E-state index contributed by atoms with van der Waals surface area (Å²) in [6, 6.07) is 13.7. The number of carbonyl (C=O) groups is 2. The second-order valence-electron chi connectivity index (χ2n) is 8.58. The molecule has 0 saturated carbocycles. The summed E-state index contributed by atoms with van der Waals surface area (Å²) in [6.45, 7) is 8.42. The first kappa shape index (κ1) is 25.9. The lowest BCUT2D eigenvalue weighted by molar-refractivity contribution is -0.140. The highest BCUT2D eigenvalue weighted by atomic mass is 35.5. The zero-order valence-electron chi connectivity index (χ0n) is 20.4. The number of aliphatic hydroxyl groups excluding tert-OH is 1. The predicted octanol–water partition coefficient (Wildman–Crippen LogP) is 5.25. The van der Waals surface area contributed by atoms with Gasteiger partial charge in [0.25, 0.3) is 11.7 Å². The highest BCUT2D eigenvalue weighted by Gasteiger charge is 2.46. The molecular weight excluding hydrogens is 499 g/mol. The van der Waals surface area contributed by atoms with Crippen molar-refractivity contribution in [2.24, 2.45) is 0 Å². The minimum Gasteiger partial charge on any atom is -0.507 e. The molecule has 4 rings (SSSR count). The number of para-hydroxylation sites is 1. The molecule has 7 nitrogen and oxygen atoms in total. The number of halogens is 2. The molecule has 1 saturated heterocycles. The Labute approximate surface area is 220 Å². The molecule has 0 bridgehead atoms. The number of likely N-dealkylation sites (tertiary alicyclic amines) is 1. The van der Waals surface area contributed by atoms with Crippen molar-refractivity contribution in [3.05, 3.63) is 87.2 Å². The minimum atomic E-state index is -0.810. The molecule has 0 radical (unpaired) electrons. The third-order valence-corrected chi connectivity index (χ3v) is 7.36. The Morgan fingerprint density at radius 3 is 2.39 bits per heavy atom. The average molecular weight is 527 g/mol. The molecule has 3 aromatic rings. The summed E-state index contributed by atoms with van der Waals surface area (Å²) >= 11 is 12.4. The van der Waals surface area contributed by atoms with E-state index in [1.165, 1.54) is 11.1 Å². The van der Waals surface area contributed by atoms with Crippen molar-refractivity contribution in [1.29, 1.82) is 0 Å². The predicted molar refractivity (Wildman–Crippen MR) is 142 cm³/mol. The molecule has 1 atom stereocenters. The Hall–Kier alpha value is -3.13. The number of amides is 1. The Morgan fingerprint density at radius 1 is 1.06 bits per heavy atom. The number of Topliss-reactive ketones (excluding diaryl/α,β-unsaturated/α-hetero) is 1. The van der Waals surface area contributed by atoms with Crippen molar-refractivity contribution in [3.63, 3.8) is 0 Å². The first-order valence-electron chi connectivity index (χ1n) is 11.8. The summed E-state index contributed by atoms with van der Waals surface area (Å²) < 4.78 is 1.68. The van der Waals surface area contributed by atoms with Crippen molar-refractivity contribution < 1.29 is 14.7 Å². The van der Waals surface area contributed by atoms with Gasteiger partial charge in [0, 0.05) is 13.1 Å². The van der Waals surface area contributed by atoms with Gasteiger partial charge >= 0.3 is 0 Å². The lowest BCUT2D eigenvalue weighted by Crippen LogP contribution is -2.38. The Morgan fingerprint density at radius 2 is 1.75 bits per heavy atom. The molecule has 1 aliphatic rings. The molecule has 188 valence electrons. The van der Waals surface area contributed by atoms with Crippen LogP contribution in [0.25, 0.3) is 11.4 Å². The molecule has 2 aromatic carbocycles. The molecule has 1 N–H and O–H groups in total. The first-order valence-corrected chi connectivity index (χ1v) is 12.6. The lowest BCUT2D eigenvalue weighted by atomic mass is 9.95. The van der Waals surface area contributed by atoms with Crippen LogP contribution in [0.15, 0.2) is 60.3 Å². The van der Waals surface area contributed by atoms with Crippen LogP contribution in [0.2, 0.25) is 10.0 Å². The van der Waals surface area contributed by atoms with Crippen LogP contribution in [0.5, 0.6) is 0 Å². The zero-order valence-corrected chi connectivity index (χ0v) is 21.9. The summed E-state index contributed by atoms with van der Waals surface area (Å²) in [5.41, 5.74) is 2.44. The van der Waals surface area contributed by atoms with Crippen molar-refractivity contribution in [1.82, 2.24) is 19.6 Å². The van der Waals surface area contributed by atoms with E-state index < -0.39 is 17.7 Å². The topological polar surface area (TPSA) is 78.7 Å². The van der Waals surface area contributed by atoms with Crippen LogP contribution in [-0.4, -0.2) is 62.6 Å². The maximum absolute atomic E-state index is 13.3. The van der Waals surface area contributed by atoms with Gasteiger partial charge in [0.15, 0.2) is 0 Å². The molecular formula is C27H28Cl2N4O3. The monoisotopic (exact) mass is 526 g/mol.